The number of rotatable bonds is 7. The molecule has 0 aliphatic heterocycles. The van der Waals surface area contributed by atoms with Gasteiger partial charge in [0, 0.05) is 22.8 Å². The van der Waals surface area contributed by atoms with Crippen LogP contribution in [0.4, 0.5) is 5.69 Å². The normalized spacial score (nSPS) is 12.0. The summed E-state index contributed by atoms with van der Waals surface area (Å²) >= 11 is 7.12. The Morgan fingerprint density at radius 1 is 1.03 bits per heavy atom. The van der Waals surface area contributed by atoms with Crippen LogP contribution in [-0.2, 0) is 21.3 Å². The van der Waals surface area contributed by atoms with Crippen molar-refractivity contribution in [3.05, 3.63) is 87.7 Å². The average molecular weight is 544 g/mol. The van der Waals surface area contributed by atoms with Gasteiger partial charge in [0.2, 0.25) is 0 Å². The molecule has 1 heterocycles. The summed E-state index contributed by atoms with van der Waals surface area (Å²) in [6.07, 6.45) is 0. The molecule has 1 N–H and O–H groups in total. The van der Waals surface area contributed by atoms with Crippen LogP contribution in [0.2, 0.25) is 5.02 Å². The summed E-state index contributed by atoms with van der Waals surface area (Å²) < 4.78 is 35.6. The van der Waals surface area contributed by atoms with Crippen LogP contribution >= 0.6 is 22.9 Å². The van der Waals surface area contributed by atoms with Gasteiger partial charge in [0.05, 0.1) is 27.3 Å². The van der Waals surface area contributed by atoms with E-state index < -0.39 is 21.9 Å². The van der Waals surface area contributed by atoms with E-state index >= 15 is 0 Å². The summed E-state index contributed by atoms with van der Waals surface area (Å²) in [5.74, 6) is -0.940. The number of benzene rings is 3. The topological polar surface area (TPSA) is 107 Å². The van der Waals surface area contributed by atoms with E-state index in [0.29, 0.717) is 21.9 Å². The van der Waals surface area contributed by atoms with E-state index in [0.717, 1.165) is 10.2 Å². The smallest absolute Gasteiger partial charge is 0.338 e. The lowest BCUT2D eigenvalue weighted by atomic mass is 10.2. The summed E-state index contributed by atoms with van der Waals surface area (Å²) in [5.41, 5.74) is 1.71. The highest BCUT2D eigenvalue weighted by molar-refractivity contribution is 7.92. The maximum atomic E-state index is 13.0. The molecule has 4 aromatic rings. The Morgan fingerprint density at radius 3 is 2.47 bits per heavy atom. The number of hydrogen-bond donors (Lipinski definition) is 1. The van der Waals surface area contributed by atoms with Crippen molar-refractivity contribution in [1.82, 2.24) is 4.57 Å². The highest BCUT2D eigenvalue weighted by Gasteiger charge is 2.16. The first-order chi connectivity index (χ1) is 17.2. The van der Waals surface area contributed by atoms with Gasteiger partial charge < -0.3 is 9.30 Å². The van der Waals surface area contributed by atoms with Gasteiger partial charge >= 0.3 is 5.97 Å². The van der Waals surface area contributed by atoms with E-state index in [4.69, 9.17) is 16.3 Å². The van der Waals surface area contributed by atoms with Crippen LogP contribution in [0.3, 0.4) is 0 Å². The summed E-state index contributed by atoms with van der Waals surface area (Å²) in [6, 6.07) is 17.1. The summed E-state index contributed by atoms with van der Waals surface area (Å²) in [4.78, 5) is 29.9. The first kappa shape index (κ1) is 25.6. The molecule has 0 fully saturated rings. The number of esters is 1. The fourth-order valence-corrected chi connectivity index (χ4v) is 5.81. The minimum Gasteiger partial charge on any atom is -0.462 e. The minimum absolute atomic E-state index is 0.0461. The Bertz CT molecular complexity index is 1620. The molecule has 36 heavy (non-hydrogen) atoms. The summed E-state index contributed by atoms with van der Waals surface area (Å²) in [5, 5.41) is 0.422. The van der Waals surface area contributed by atoms with Crippen LogP contribution in [-0.4, -0.2) is 31.5 Å². The average Bonchev–Trinajstić information content (AvgIpc) is 3.20. The maximum absolute atomic E-state index is 13.0. The first-order valence-corrected chi connectivity index (χ1v) is 13.7. The third kappa shape index (κ3) is 5.51. The third-order valence-electron chi connectivity index (χ3n) is 5.19. The van der Waals surface area contributed by atoms with Crippen molar-refractivity contribution in [3.63, 3.8) is 0 Å². The van der Waals surface area contributed by atoms with Crippen LogP contribution in [0.5, 0.6) is 0 Å². The molecule has 0 bridgehead atoms. The molecule has 0 spiro atoms. The molecule has 8 nitrogen and oxygen atoms in total. The van der Waals surface area contributed by atoms with Gasteiger partial charge in [-0.2, -0.15) is 4.99 Å². The van der Waals surface area contributed by atoms with E-state index in [1.165, 1.54) is 41.7 Å². The second kappa shape index (κ2) is 10.7. The Balaban J connectivity index is 1.65. The Kier molecular flexibility index (Phi) is 7.58. The van der Waals surface area contributed by atoms with E-state index in [-0.39, 0.29) is 22.8 Å². The van der Waals surface area contributed by atoms with Crippen LogP contribution < -0.4 is 9.52 Å². The van der Waals surface area contributed by atoms with Gasteiger partial charge in [0.25, 0.3) is 15.9 Å². The zero-order valence-electron chi connectivity index (χ0n) is 19.4. The number of aryl methyl sites for hydroxylation is 1. The van der Waals surface area contributed by atoms with Crippen molar-refractivity contribution in [2.75, 3.05) is 11.3 Å². The third-order valence-corrected chi connectivity index (χ3v) is 7.88. The van der Waals surface area contributed by atoms with Crippen molar-refractivity contribution in [1.29, 1.82) is 0 Å². The molecular formula is C25H22ClN3O5S2. The van der Waals surface area contributed by atoms with Crippen LogP contribution in [0.25, 0.3) is 10.2 Å². The molecule has 0 saturated heterocycles. The van der Waals surface area contributed by atoms with Gasteiger partial charge in [-0.1, -0.05) is 29.0 Å². The SMILES string of the molecule is CCOC(=O)c1ccc2c(c1)sc(=NC(=O)c1cccc(NS(=O)(=O)c3ccc(Cl)cc3)c1)n2CC. The standard InChI is InChI=1S/C25H22ClN3O5S2/c1-3-29-21-13-8-17(24(31)34-4-2)15-22(21)35-25(29)27-23(30)16-6-5-7-19(14-16)28-36(32,33)20-11-9-18(26)10-12-20/h5-15,28H,3-4H2,1-2H3. The van der Waals surface area contributed by atoms with Gasteiger partial charge in [-0.3, -0.25) is 9.52 Å². The number of halogens is 1. The number of thiazole rings is 1. The number of anilines is 1. The number of carbonyl (C=O) groups is 2. The molecule has 0 saturated carbocycles. The van der Waals surface area contributed by atoms with E-state index in [9.17, 15) is 18.0 Å². The Hall–Kier alpha value is -3.47. The van der Waals surface area contributed by atoms with E-state index in [2.05, 4.69) is 9.71 Å². The number of hydrogen-bond acceptors (Lipinski definition) is 6. The number of fused-ring (bicyclic) bond motifs is 1. The van der Waals surface area contributed by atoms with Crippen LogP contribution in [0.1, 0.15) is 34.6 Å². The molecule has 3 aromatic carbocycles. The molecule has 11 heteroatoms. The van der Waals surface area contributed by atoms with Crippen molar-refractivity contribution in [2.24, 2.45) is 4.99 Å². The molecular weight excluding hydrogens is 522 g/mol. The minimum atomic E-state index is -3.87. The molecule has 186 valence electrons. The monoisotopic (exact) mass is 543 g/mol. The lowest BCUT2D eigenvalue weighted by Crippen LogP contribution is -2.16. The second-order valence-electron chi connectivity index (χ2n) is 7.59. The molecule has 4 rings (SSSR count). The first-order valence-electron chi connectivity index (χ1n) is 11.0. The summed E-state index contributed by atoms with van der Waals surface area (Å²) in [7, 11) is -3.87. The van der Waals surface area contributed by atoms with Crippen molar-refractivity contribution >= 4 is 60.7 Å². The number of sulfonamides is 1. The van der Waals surface area contributed by atoms with E-state index in [1.807, 2.05) is 11.5 Å². The predicted molar refractivity (Wildman–Crippen MR) is 140 cm³/mol. The zero-order chi connectivity index (χ0) is 25.9. The molecule has 1 aromatic heterocycles. The van der Waals surface area contributed by atoms with Gasteiger partial charge in [-0.05, 0) is 74.5 Å². The van der Waals surface area contributed by atoms with Gasteiger partial charge in [-0.25, -0.2) is 13.2 Å². The molecule has 0 aliphatic carbocycles. The number of amides is 1. The quantitative estimate of drug-likeness (QED) is 0.326. The predicted octanol–water partition coefficient (Wildman–Crippen LogP) is 5.09. The fraction of sp³-hybridized carbons (Fsp3) is 0.160. The molecule has 0 radical (unpaired) electrons. The summed E-state index contributed by atoms with van der Waals surface area (Å²) in [6.45, 7) is 4.51. The van der Waals surface area contributed by atoms with Crippen molar-refractivity contribution in [2.45, 2.75) is 25.3 Å². The lowest BCUT2D eigenvalue weighted by molar-refractivity contribution is 0.0526. The highest BCUT2D eigenvalue weighted by atomic mass is 35.5. The molecule has 0 aliphatic rings. The van der Waals surface area contributed by atoms with Crippen molar-refractivity contribution < 1.29 is 22.7 Å². The number of nitrogens with one attached hydrogen (secondary N) is 1. The number of nitrogens with zero attached hydrogens (tertiary/aromatic N) is 2. The Morgan fingerprint density at radius 2 is 1.78 bits per heavy atom. The molecule has 0 atom stereocenters. The lowest BCUT2D eigenvalue weighted by Gasteiger charge is -2.09. The van der Waals surface area contributed by atoms with Crippen LogP contribution in [0.15, 0.2) is 76.6 Å². The second-order valence-corrected chi connectivity index (χ2v) is 10.7. The molecule has 1 amide bonds. The molecule has 0 unspecified atom stereocenters. The zero-order valence-corrected chi connectivity index (χ0v) is 21.8. The Labute approximate surface area is 216 Å². The van der Waals surface area contributed by atoms with Gasteiger partial charge in [0.15, 0.2) is 4.80 Å². The largest absolute Gasteiger partial charge is 0.462 e. The van der Waals surface area contributed by atoms with Gasteiger partial charge in [0.1, 0.15) is 0 Å². The van der Waals surface area contributed by atoms with E-state index in [1.54, 1.807) is 43.3 Å². The maximum Gasteiger partial charge on any atom is 0.338 e. The number of ether oxygens (including phenoxy) is 1. The van der Waals surface area contributed by atoms with Crippen molar-refractivity contribution in [3.8, 4) is 0 Å². The number of aromatic nitrogens is 1. The fourth-order valence-electron chi connectivity index (χ4n) is 3.50. The number of carbonyl (C=O) groups excluding carboxylic acids is 2. The highest BCUT2D eigenvalue weighted by Crippen LogP contribution is 2.22. The van der Waals surface area contributed by atoms with Gasteiger partial charge in [-0.15, -0.1) is 0 Å². The van der Waals surface area contributed by atoms with Crippen LogP contribution in [0, 0.1) is 0 Å².